The molecule has 0 N–H and O–H groups in total. The summed E-state index contributed by atoms with van der Waals surface area (Å²) in [6.07, 6.45) is 20.1. The minimum atomic E-state index is 0.382. The molecular weight excluding hydrogens is 294 g/mol. The van der Waals surface area contributed by atoms with Gasteiger partial charge in [-0.2, -0.15) is 0 Å². The van der Waals surface area contributed by atoms with Gasteiger partial charge in [0.25, 0.3) is 0 Å². The molecule has 0 radical (unpaired) electrons. The van der Waals surface area contributed by atoms with Crippen LogP contribution in [0.15, 0.2) is 28.8 Å². The van der Waals surface area contributed by atoms with Gasteiger partial charge in [0, 0.05) is 31.4 Å². The molecule has 0 amide bonds. The van der Waals surface area contributed by atoms with Gasteiger partial charge >= 0.3 is 0 Å². The van der Waals surface area contributed by atoms with Crippen LogP contribution in [-0.2, 0) is 0 Å². The third-order valence-electron chi connectivity index (χ3n) is 6.82. The topological polar surface area (TPSA) is 18.8 Å². The van der Waals surface area contributed by atoms with Gasteiger partial charge in [-0.3, -0.25) is 14.8 Å². The van der Waals surface area contributed by atoms with E-state index in [1.54, 1.807) is 0 Å². The summed E-state index contributed by atoms with van der Waals surface area (Å²) >= 11 is 0. The SMILES string of the molecule is CN(CCN1CCCC1C1CCCCC1)C1CC=CC2=CC=NC21. The molecular formula is C21H33N3. The number of likely N-dealkylation sites (tertiary alicyclic amines) is 1. The fourth-order valence-electron chi connectivity index (χ4n) is 5.41. The summed E-state index contributed by atoms with van der Waals surface area (Å²) in [6, 6.07) is 1.81. The molecule has 3 nitrogen and oxygen atoms in total. The van der Waals surface area contributed by atoms with Crippen LogP contribution >= 0.6 is 0 Å². The van der Waals surface area contributed by atoms with E-state index in [4.69, 9.17) is 4.99 Å². The molecule has 3 heteroatoms. The number of aliphatic imine (C=N–C) groups is 1. The Morgan fingerprint density at radius 3 is 2.92 bits per heavy atom. The lowest BCUT2D eigenvalue weighted by molar-refractivity contribution is 0.129. The lowest BCUT2D eigenvalue weighted by atomic mass is 9.83. The van der Waals surface area contributed by atoms with Crippen molar-refractivity contribution in [3.63, 3.8) is 0 Å². The molecule has 3 atom stereocenters. The average Bonchev–Trinajstić information content (AvgIpc) is 3.29. The molecule has 132 valence electrons. The zero-order valence-electron chi connectivity index (χ0n) is 15.2. The van der Waals surface area contributed by atoms with E-state index in [0.717, 1.165) is 18.4 Å². The summed E-state index contributed by atoms with van der Waals surface area (Å²) in [5.41, 5.74) is 1.40. The Morgan fingerprint density at radius 1 is 1.17 bits per heavy atom. The van der Waals surface area contributed by atoms with E-state index in [2.05, 4.69) is 35.1 Å². The molecule has 2 heterocycles. The van der Waals surface area contributed by atoms with Crippen molar-refractivity contribution < 1.29 is 0 Å². The molecule has 2 fully saturated rings. The highest BCUT2D eigenvalue weighted by Crippen LogP contribution is 2.34. The van der Waals surface area contributed by atoms with Gasteiger partial charge in [0.15, 0.2) is 0 Å². The number of likely N-dealkylation sites (N-methyl/N-ethyl adjacent to an activating group) is 1. The number of hydrogen-bond donors (Lipinski definition) is 0. The number of rotatable bonds is 5. The van der Waals surface area contributed by atoms with E-state index in [1.807, 2.05) is 6.21 Å². The smallest absolute Gasteiger partial charge is 0.0907 e. The standard InChI is InChI=1S/C21H33N3/c1-23(20-10-5-9-18-12-13-22-21(18)20)15-16-24-14-6-11-19(24)17-7-3-2-4-8-17/h5,9,12-13,17,19-21H,2-4,6-8,10-11,14-16H2,1H3. The Hall–Kier alpha value is -0.930. The summed E-state index contributed by atoms with van der Waals surface area (Å²) in [7, 11) is 2.31. The van der Waals surface area contributed by atoms with Crippen LogP contribution in [0.2, 0.25) is 0 Å². The molecule has 3 unspecified atom stereocenters. The molecule has 1 saturated carbocycles. The van der Waals surface area contributed by atoms with Crippen molar-refractivity contribution in [2.45, 2.75) is 69.5 Å². The van der Waals surface area contributed by atoms with Gasteiger partial charge in [-0.05, 0) is 63.3 Å². The molecule has 0 aromatic rings. The zero-order chi connectivity index (χ0) is 16.4. The third-order valence-corrected chi connectivity index (χ3v) is 6.82. The molecule has 0 aromatic heterocycles. The Balaban J connectivity index is 1.31. The second-order valence-electron chi connectivity index (χ2n) is 8.24. The Morgan fingerprint density at radius 2 is 2.04 bits per heavy atom. The monoisotopic (exact) mass is 327 g/mol. The number of nitrogens with zero attached hydrogens (tertiary/aromatic N) is 3. The Kier molecular flexibility index (Phi) is 5.19. The maximum atomic E-state index is 4.70. The first-order chi connectivity index (χ1) is 11.8. The highest BCUT2D eigenvalue weighted by molar-refractivity contribution is 5.77. The predicted octanol–water partition coefficient (Wildman–Crippen LogP) is 3.67. The summed E-state index contributed by atoms with van der Waals surface area (Å²) < 4.78 is 0. The van der Waals surface area contributed by atoms with E-state index in [0.29, 0.717) is 12.1 Å². The molecule has 0 bridgehead atoms. The third kappa shape index (κ3) is 3.39. The Labute approximate surface area is 147 Å². The van der Waals surface area contributed by atoms with Crippen LogP contribution in [0.5, 0.6) is 0 Å². The summed E-state index contributed by atoms with van der Waals surface area (Å²) in [4.78, 5) is 10.1. The molecule has 2 aliphatic heterocycles. The minimum absolute atomic E-state index is 0.382. The molecule has 1 saturated heterocycles. The van der Waals surface area contributed by atoms with Crippen molar-refractivity contribution in [2.24, 2.45) is 10.9 Å². The number of hydrogen-bond acceptors (Lipinski definition) is 3. The predicted molar refractivity (Wildman–Crippen MR) is 102 cm³/mol. The van der Waals surface area contributed by atoms with Crippen molar-refractivity contribution in [3.8, 4) is 0 Å². The first-order valence-electron chi connectivity index (χ1n) is 10.2. The van der Waals surface area contributed by atoms with Crippen molar-refractivity contribution in [1.29, 1.82) is 0 Å². The van der Waals surface area contributed by atoms with Crippen LogP contribution in [0.1, 0.15) is 51.4 Å². The van der Waals surface area contributed by atoms with E-state index in [9.17, 15) is 0 Å². The molecule has 24 heavy (non-hydrogen) atoms. The first kappa shape index (κ1) is 16.5. The highest BCUT2D eigenvalue weighted by Gasteiger charge is 2.34. The van der Waals surface area contributed by atoms with Crippen LogP contribution in [0.3, 0.4) is 0 Å². The van der Waals surface area contributed by atoms with Crippen LogP contribution in [-0.4, -0.2) is 60.8 Å². The minimum Gasteiger partial charge on any atom is -0.299 e. The first-order valence-corrected chi connectivity index (χ1v) is 10.2. The zero-order valence-corrected chi connectivity index (χ0v) is 15.2. The van der Waals surface area contributed by atoms with Crippen molar-refractivity contribution in [1.82, 2.24) is 9.80 Å². The summed E-state index contributed by atoms with van der Waals surface area (Å²) in [5.74, 6) is 0.984. The van der Waals surface area contributed by atoms with Crippen molar-refractivity contribution in [2.75, 3.05) is 26.7 Å². The van der Waals surface area contributed by atoms with E-state index >= 15 is 0 Å². The van der Waals surface area contributed by atoms with Crippen LogP contribution in [0.4, 0.5) is 0 Å². The van der Waals surface area contributed by atoms with Crippen molar-refractivity contribution in [3.05, 3.63) is 23.8 Å². The van der Waals surface area contributed by atoms with Gasteiger partial charge in [-0.15, -0.1) is 0 Å². The van der Waals surface area contributed by atoms with Crippen LogP contribution < -0.4 is 0 Å². The summed E-state index contributed by atoms with van der Waals surface area (Å²) in [6.45, 7) is 3.75. The molecule has 4 aliphatic rings. The highest BCUT2D eigenvalue weighted by atomic mass is 15.2. The van der Waals surface area contributed by atoms with Crippen molar-refractivity contribution >= 4 is 6.21 Å². The lowest BCUT2D eigenvalue weighted by Gasteiger charge is -2.37. The van der Waals surface area contributed by atoms with E-state index in [1.165, 1.54) is 70.2 Å². The molecule has 0 spiro atoms. The van der Waals surface area contributed by atoms with Crippen LogP contribution in [0.25, 0.3) is 0 Å². The molecule has 0 aromatic carbocycles. The fraction of sp³-hybridized carbons (Fsp3) is 0.762. The van der Waals surface area contributed by atoms with Gasteiger partial charge in [-0.25, -0.2) is 0 Å². The maximum absolute atomic E-state index is 4.70. The maximum Gasteiger partial charge on any atom is 0.0907 e. The van der Waals surface area contributed by atoms with Gasteiger partial charge < -0.3 is 0 Å². The van der Waals surface area contributed by atoms with Gasteiger partial charge in [0.05, 0.1) is 6.04 Å². The van der Waals surface area contributed by atoms with Gasteiger partial charge in [0.1, 0.15) is 0 Å². The fourth-order valence-corrected chi connectivity index (χ4v) is 5.41. The number of fused-ring (bicyclic) bond motifs is 1. The van der Waals surface area contributed by atoms with Crippen LogP contribution in [0, 0.1) is 5.92 Å². The normalized spacial score (nSPS) is 34.1. The average molecular weight is 328 g/mol. The Bertz CT molecular complexity index is 515. The lowest BCUT2D eigenvalue weighted by Crippen LogP contribution is -2.46. The molecule has 2 aliphatic carbocycles. The van der Waals surface area contributed by atoms with Gasteiger partial charge in [-0.1, -0.05) is 31.4 Å². The molecule has 4 rings (SSSR count). The van der Waals surface area contributed by atoms with E-state index < -0.39 is 0 Å². The second-order valence-corrected chi connectivity index (χ2v) is 8.24. The quantitative estimate of drug-likeness (QED) is 0.767. The van der Waals surface area contributed by atoms with E-state index in [-0.39, 0.29) is 0 Å². The second kappa shape index (κ2) is 7.53. The van der Waals surface area contributed by atoms with Gasteiger partial charge in [0.2, 0.25) is 0 Å². The number of allylic oxidation sites excluding steroid dienone is 1. The largest absolute Gasteiger partial charge is 0.299 e. The summed E-state index contributed by atoms with van der Waals surface area (Å²) in [5, 5.41) is 0.